The molecule has 2 amide bonds. The van der Waals surface area contributed by atoms with E-state index in [1.54, 1.807) is 53.4 Å². The summed E-state index contributed by atoms with van der Waals surface area (Å²) in [6.45, 7) is 1.50. The minimum atomic E-state index is -4.20. The van der Waals surface area contributed by atoms with E-state index < -0.39 is 28.5 Å². The van der Waals surface area contributed by atoms with Crippen molar-refractivity contribution in [2.45, 2.75) is 69.0 Å². The number of sulfonamides is 1. The van der Waals surface area contributed by atoms with Gasteiger partial charge in [-0.2, -0.15) is 0 Å². The maximum atomic E-state index is 14.7. The number of hydrogen-bond donors (Lipinski definition) is 1. The van der Waals surface area contributed by atoms with E-state index in [1.807, 2.05) is 67.6 Å². The van der Waals surface area contributed by atoms with Crippen molar-refractivity contribution in [3.05, 3.63) is 126 Å². The molecule has 4 aromatic rings. The minimum absolute atomic E-state index is 0.0402. The van der Waals surface area contributed by atoms with Crippen molar-refractivity contribution in [2.75, 3.05) is 18.0 Å². The first-order chi connectivity index (χ1) is 22.7. The molecule has 8 nitrogen and oxygen atoms in total. The van der Waals surface area contributed by atoms with Crippen LogP contribution in [0.2, 0.25) is 0 Å². The van der Waals surface area contributed by atoms with Crippen LogP contribution in [0.3, 0.4) is 0 Å². The van der Waals surface area contributed by atoms with E-state index in [4.69, 9.17) is 4.74 Å². The molecular formula is C38H43N3O5S. The molecule has 0 radical (unpaired) electrons. The van der Waals surface area contributed by atoms with E-state index in [1.165, 1.54) is 7.11 Å². The van der Waals surface area contributed by atoms with Crippen molar-refractivity contribution in [3.63, 3.8) is 0 Å². The minimum Gasteiger partial charge on any atom is -0.497 e. The lowest BCUT2D eigenvalue weighted by atomic mass is 9.94. The monoisotopic (exact) mass is 653 g/mol. The molecule has 4 aromatic carbocycles. The predicted molar refractivity (Wildman–Crippen MR) is 185 cm³/mol. The Bertz CT molecular complexity index is 1720. The fraction of sp³-hybridized carbons (Fsp3) is 0.316. The summed E-state index contributed by atoms with van der Waals surface area (Å²) in [7, 11) is -2.69. The molecule has 0 heterocycles. The zero-order valence-electron chi connectivity index (χ0n) is 27.0. The van der Waals surface area contributed by atoms with Gasteiger partial charge in [0.05, 0.1) is 17.7 Å². The number of benzene rings is 4. The van der Waals surface area contributed by atoms with Gasteiger partial charge in [-0.25, -0.2) is 8.42 Å². The Morgan fingerprint density at radius 2 is 1.47 bits per heavy atom. The largest absolute Gasteiger partial charge is 0.497 e. The van der Waals surface area contributed by atoms with Crippen molar-refractivity contribution in [3.8, 4) is 5.75 Å². The molecule has 1 N–H and O–H groups in total. The van der Waals surface area contributed by atoms with Crippen molar-refractivity contribution < 1.29 is 22.7 Å². The summed E-state index contributed by atoms with van der Waals surface area (Å²) in [5.41, 5.74) is 2.93. The molecule has 1 aliphatic rings. The molecule has 1 fully saturated rings. The Balaban J connectivity index is 1.56. The van der Waals surface area contributed by atoms with Gasteiger partial charge in [0.1, 0.15) is 18.3 Å². The van der Waals surface area contributed by atoms with Gasteiger partial charge in [-0.1, -0.05) is 104 Å². The second-order valence-corrected chi connectivity index (χ2v) is 13.9. The summed E-state index contributed by atoms with van der Waals surface area (Å²) in [4.78, 5) is 30.4. The standard InChI is InChI=1S/C38H43N3O5S/c1-29-21-23-35(24-22-29)47(44,45)41(33-19-12-20-34(26-33)46-2)28-37(42)40(27-31-15-8-4-9-16-31)36(25-30-13-6-3-7-14-30)38(43)39-32-17-10-5-11-18-32/h3-4,6-9,12-16,19-24,26,32,36H,5,10-11,17-18,25,27-28H2,1-2H3,(H,39,43)/t36-/m0/s1. The number of carbonyl (C=O) groups is 2. The fourth-order valence-electron chi connectivity index (χ4n) is 6.01. The summed E-state index contributed by atoms with van der Waals surface area (Å²) >= 11 is 0. The van der Waals surface area contributed by atoms with Crippen molar-refractivity contribution in [1.82, 2.24) is 10.2 Å². The van der Waals surface area contributed by atoms with Gasteiger partial charge in [0, 0.05) is 25.1 Å². The number of anilines is 1. The molecule has 0 bridgehead atoms. The molecule has 0 unspecified atom stereocenters. The smallest absolute Gasteiger partial charge is 0.264 e. The van der Waals surface area contributed by atoms with Gasteiger partial charge < -0.3 is 15.0 Å². The summed E-state index contributed by atoms with van der Waals surface area (Å²) in [5.74, 6) is -0.277. The highest BCUT2D eigenvalue weighted by Gasteiger charge is 2.35. The lowest BCUT2D eigenvalue weighted by molar-refractivity contribution is -0.140. The zero-order chi connectivity index (χ0) is 33.2. The van der Waals surface area contributed by atoms with Crippen molar-refractivity contribution in [2.24, 2.45) is 0 Å². The predicted octanol–water partition coefficient (Wildman–Crippen LogP) is 6.29. The van der Waals surface area contributed by atoms with Crippen molar-refractivity contribution >= 4 is 27.5 Å². The summed E-state index contributed by atoms with van der Waals surface area (Å²) in [6.07, 6.45) is 5.32. The van der Waals surface area contributed by atoms with Gasteiger partial charge in [0.25, 0.3) is 10.0 Å². The average Bonchev–Trinajstić information content (AvgIpc) is 3.10. The number of nitrogens with zero attached hydrogens (tertiary/aromatic N) is 2. The quantitative estimate of drug-likeness (QED) is 0.183. The van der Waals surface area contributed by atoms with E-state index in [0.717, 1.165) is 53.1 Å². The third-order valence-corrected chi connectivity index (χ3v) is 10.4. The first-order valence-corrected chi connectivity index (χ1v) is 17.6. The highest BCUT2D eigenvalue weighted by atomic mass is 32.2. The molecular weight excluding hydrogens is 611 g/mol. The van der Waals surface area contributed by atoms with E-state index in [0.29, 0.717) is 5.75 Å². The number of ether oxygens (including phenoxy) is 1. The molecule has 0 aromatic heterocycles. The second kappa shape index (κ2) is 15.8. The lowest BCUT2D eigenvalue weighted by Gasteiger charge is -2.35. The highest BCUT2D eigenvalue weighted by Crippen LogP contribution is 2.28. The molecule has 246 valence electrons. The maximum absolute atomic E-state index is 14.7. The summed E-state index contributed by atoms with van der Waals surface area (Å²) in [6, 6.07) is 31.4. The summed E-state index contributed by atoms with van der Waals surface area (Å²) < 4.78 is 35.0. The molecule has 0 aliphatic heterocycles. The van der Waals surface area contributed by atoms with Gasteiger partial charge in [-0.15, -0.1) is 0 Å². The molecule has 1 saturated carbocycles. The number of amides is 2. The van der Waals surface area contributed by atoms with E-state index in [2.05, 4.69) is 5.32 Å². The van der Waals surface area contributed by atoms with E-state index >= 15 is 0 Å². The van der Waals surface area contributed by atoms with Crippen LogP contribution in [0.25, 0.3) is 0 Å². The number of carbonyl (C=O) groups excluding carboxylic acids is 2. The first kappa shape index (κ1) is 33.7. The molecule has 1 atom stereocenters. The Labute approximate surface area is 278 Å². The van der Waals surface area contributed by atoms with Crippen LogP contribution in [0.5, 0.6) is 5.75 Å². The lowest BCUT2D eigenvalue weighted by Crippen LogP contribution is -2.55. The van der Waals surface area contributed by atoms with Crippen LogP contribution >= 0.6 is 0 Å². The van der Waals surface area contributed by atoms with Gasteiger partial charge >= 0.3 is 0 Å². The summed E-state index contributed by atoms with van der Waals surface area (Å²) in [5, 5.41) is 3.24. The molecule has 0 spiro atoms. The van der Waals surface area contributed by atoms with Gasteiger partial charge in [-0.3, -0.25) is 13.9 Å². The number of aryl methyl sites for hydroxylation is 1. The normalized spacial score (nSPS) is 14.2. The third-order valence-electron chi connectivity index (χ3n) is 8.65. The van der Waals surface area contributed by atoms with Crippen LogP contribution < -0.4 is 14.4 Å². The zero-order valence-corrected chi connectivity index (χ0v) is 27.9. The first-order valence-electron chi connectivity index (χ1n) is 16.2. The number of nitrogens with one attached hydrogen (secondary N) is 1. The Morgan fingerprint density at radius 3 is 2.11 bits per heavy atom. The van der Waals surface area contributed by atoms with Crippen LogP contribution in [0.15, 0.2) is 114 Å². The molecule has 1 aliphatic carbocycles. The van der Waals surface area contributed by atoms with Crippen molar-refractivity contribution in [1.29, 1.82) is 0 Å². The molecule has 47 heavy (non-hydrogen) atoms. The molecule has 5 rings (SSSR count). The number of methoxy groups -OCH3 is 1. The third kappa shape index (κ3) is 8.80. The van der Waals surface area contributed by atoms with E-state index in [9.17, 15) is 18.0 Å². The average molecular weight is 654 g/mol. The Morgan fingerprint density at radius 1 is 0.830 bits per heavy atom. The van der Waals surface area contributed by atoms with Crippen LogP contribution in [0.4, 0.5) is 5.69 Å². The van der Waals surface area contributed by atoms with Gasteiger partial charge in [-0.05, 0) is 55.2 Å². The van der Waals surface area contributed by atoms with Crippen LogP contribution in [0, 0.1) is 6.92 Å². The Hall–Kier alpha value is -4.63. The second-order valence-electron chi connectivity index (χ2n) is 12.1. The molecule has 0 saturated heterocycles. The number of hydrogen-bond acceptors (Lipinski definition) is 5. The van der Waals surface area contributed by atoms with Crippen LogP contribution in [-0.2, 0) is 32.6 Å². The topological polar surface area (TPSA) is 96.0 Å². The highest BCUT2D eigenvalue weighted by molar-refractivity contribution is 7.92. The van der Waals surface area contributed by atoms with Crippen LogP contribution in [-0.4, -0.2) is 50.9 Å². The Kier molecular flexibility index (Phi) is 11.3. The SMILES string of the molecule is COc1cccc(N(CC(=O)N(Cc2ccccc2)[C@@H](Cc2ccccc2)C(=O)NC2CCCCC2)S(=O)(=O)c2ccc(C)cc2)c1. The maximum Gasteiger partial charge on any atom is 0.264 e. The molecule has 9 heteroatoms. The fourth-order valence-corrected chi connectivity index (χ4v) is 7.42. The van der Waals surface area contributed by atoms with E-state index in [-0.39, 0.29) is 35.5 Å². The van der Waals surface area contributed by atoms with Gasteiger partial charge in [0.15, 0.2) is 0 Å². The van der Waals surface area contributed by atoms with Crippen LogP contribution in [0.1, 0.15) is 48.8 Å². The van der Waals surface area contributed by atoms with Gasteiger partial charge in [0.2, 0.25) is 11.8 Å². The number of rotatable bonds is 13.